The van der Waals surface area contributed by atoms with Gasteiger partial charge in [-0.1, -0.05) is 29.3 Å². The minimum absolute atomic E-state index is 0.114. The Morgan fingerprint density at radius 1 is 1.06 bits per heavy atom. The van der Waals surface area contributed by atoms with Gasteiger partial charge in [0.05, 0.1) is 36.3 Å². The third kappa shape index (κ3) is 5.72. The summed E-state index contributed by atoms with van der Waals surface area (Å²) in [7, 11) is 1.32. The second kappa shape index (κ2) is 10.9. The molecule has 4 aromatic rings. The van der Waals surface area contributed by atoms with Crippen LogP contribution in [0.15, 0.2) is 59.0 Å². The molecule has 0 spiro atoms. The molecule has 0 radical (unpaired) electrons. The van der Waals surface area contributed by atoms with Gasteiger partial charge in [-0.2, -0.15) is 5.10 Å². The lowest BCUT2D eigenvalue weighted by atomic mass is 10.2. The second-order valence-electron chi connectivity index (χ2n) is 7.96. The zero-order valence-corrected chi connectivity index (χ0v) is 21.3. The fraction of sp³-hybridized carbons (Fsp3) is 0.192. The molecule has 10 heteroatoms. The Hall–Kier alpha value is -3.75. The van der Waals surface area contributed by atoms with Gasteiger partial charge in [0.25, 0.3) is 5.91 Å². The van der Waals surface area contributed by atoms with Crippen molar-refractivity contribution in [2.45, 2.75) is 27.0 Å². The number of amides is 1. The maximum atomic E-state index is 12.8. The zero-order chi connectivity index (χ0) is 25.8. The normalized spacial score (nSPS) is 10.8. The molecule has 2 aromatic carbocycles. The van der Waals surface area contributed by atoms with Crippen LogP contribution in [-0.2, 0) is 17.9 Å². The highest BCUT2D eigenvalue weighted by Crippen LogP contribution is 2.26. The fourth-order valence-electron chi connectivity index (χ4n) is 3.56. The number of furan rings is 1. The van der Waals surface area contributed by atoms with Crippen molar-refractivity contribution in [3.8, 4) is 5.75 Å². The van der Waals surface area contributed by atoms with Crippen molar-refractivity contribution in [3.63, 3.8) is 0 Å². The summed E-state index contributed by atoms with van der Waals surface area (Å²) in [5.74, 6) is 0.331. The molecular weight excluding hydrogens is 505 g/mol. The molecule has 0 saturated heterocycles. The van der Waals surface area contributed by atoms with E-state index in [9.17, 15) is 9.59 Å². The number of halogens is 2. The quantitative estimate of drug-likeness (QED) is 0.279. The van der Waals surface area contributed by atoms with E-state index in [1.165, 1.54) is 7.11 Å². The van der Waals surface area contributed by atoms with Gasteiger partial charge < -0.3 is 19.2 Å². The number of carbonyl (C=O) groups is 2. The molecule has 0 bridgehead atoms. The first kappa shape index (κ1) is 25.3. The van der Waals surface area contributed by atoms with Gasteiger partial charge in [0.2, 0.25) is 0 Å². The molecule has 2 heterocycles. The Balaban J connectivity index is 1.39. The number of methoxy groups -OCH3 is 1. The predicted molar refractivity (Wildman–Crippen MR) is 136 cm³/mol. The Kier molecular flexibility index (Phi) is 7.67. The lowest BCUT2D eigenvalue weighted by Gasteiger charge is -2.08. The first-order valence-electron chi connectivity index (χ1n) is 10.9. The first-order valence-corrected chi connectivity index (χ1v) is 11.7. The van der Waals surface area contributed by atoms with E-state index in [-0.39, 0.29) is 12.4 Å². The minimum Gasteiger partial charge on any atom is -0.486 e. The number of hydrogen-bond acceptors (Lipinski definition) is 6. The van der Waals surface area contributed by atoms with Gasteiger partial charge in [0.1, 0.15) is 18.1 Å². The predicted octanol–water partition coefficient (Wildman–Crippen LogP) is 6.07. The summed E-state index contributed by atoms with van der Waals surface area (Å²) in [6, 6.07) is 15.1. The van der Waals surface area contributed by atoms with E-state index in [1.807, 2.05) is 19.9 Å². The van der Waals surface area contributed by atoms with Gasteiger partial charge in [-0.15, -0.1) is 0 Å². The van der Waals surface area contributed by atoms with E-state index in [1.54, 1.807) is 53.2 Å². The standard InChI is InChI=1S/C26H23Cl2N3O5/c1-15-24(16(2)31(30-15)13-18-4-7-19(27)12-22(18)28)29-25(32)23-11-10-21(36-23)14-35-20-8-5-17(6-9-20)26(33)34-3/h4-12H,13-14H2,1-3H3,(H,29,32). The first-order chi connectivity index (χ1) is 17.2. The zero-order valence-electron chi connectivity index (χ0n) is 19.8. The third-order valence-electron chi connectivity index (χ3n) is 5.50. The molecular formula is C26H23Cl2N3O5. The van der Waals surface area contributed by atoms with E-state index < -0.39 is 11.9 Å². The number of ether oxygens (including phenoxy) is 2. The molecule has 36 heavy (non-hydrogen) atoms. The molecule has 0 aliphatic rings. The maximum Gasteiger partial charge on any atom is 0.337 e. The number of rotatable bonds is 8. The van der Waals surface area contributed by atoms with Crippen LogP contribution in [0.3, 0.4) is 0 Å². The van der Waals surface area contributed by atoms with Crippen molar-refractivity contribution in [1.82, 2.24) is 9.78 Å². The van der Waals surface area contributed by atoms with Crippen LogP contribution in [0.1, 0.15) is 43.6 Å². The van der Waals surface area contributed by atoms with Gasteiger partial charge in [0, 0.05) is 10.0 Å². The highest BCUT2D eigenvalue weighted by Gasteiger charge is 2.18. The van der Waals surface area contributed by atoms with Crippen molar-refractivity contribution < 1.29 is 23.5 Å². The van der Waals surface area contributed by atoms with Gasteiger partial charge >= 0.3 is 5.97 Å². The smallest absolute Gasteiger partial charge is 0.337 e. The molecule has 1 N–H and O–H groups in total. The van der Waals surface area contributed by atoms with Crippen molar-refractivity contribution in [1.29, 1.82) is 0 Å². The minimum atomic E-state index is -0.423. The van der Waals surface area contributed by atoms with Crippen molar-refractivity contribution in [2.75, 3.05) is 12.4 Å². The molecule has 186 valence electrons. The number of nitrogens with zero attached hydrogens (tertiary/aromatic N) is 2. The molecule has 0 atom stereocenters. The van der Waals surface area contributed by atoms with Gasteiger partial charge in [-0.05, 0) is 67.9 Å². The molecule has 0 aliphatic heterocycles. The number of aromatic nitrogens is 2. The summed E-state index contributed by atoms with van der Waals surface area (Å²) < 4.78 is 17.8. The number of benzene rings is 2. The van der Waals surface area contributed by atoms with E-state index in [4.69, 9.17) is 32.4 Å². The maximum absolute atomic E-state index is 12.8. The number of aryl methyl sites for hydroxylation is 1. The third-order valence-corrected chi connectivity index (χ3v) is 6.08. The van der Waals surface area contributed by atoms with Crippen LogP contribution in [0.5, 0.6) is 5.75 Å². The summed E-state index contributed by atoms with van der Waals surface area (Å²) >= 11 is 12.3. The summed E-state index contributed by atoms with van der Waals surface area (Å²) in [5.41, 5.74) is 3.32. The van der Waals surface area contributed by atoms with Gasteiger partial charge in [-0.3, -0.25) is 9.48 Å². The molecule has 1 amide bonds. The molecule has 0 saturated carbocycles. The Morgan fingerprint density at radius 2 is 1.81 bits per heavy atom. The van der Waals surface area contributed by atoms with E-state index in [2.05, 4.69) is 15.2 Å². The average Bonchev–Trinajstić information content (AvgIpc) is 3.44. The topological polar surface area (TPSA) is 95.6 Å². The van der Waals surface area contributed by atoms with Crippen LogP contribution >= 0.6 is 23.2 Å². The fourth-order valence-corrected chi connectivity index (χ4v) is 4.02. The highest BCUT2D eigenvalue weighted by atomic mass is 35.5. The van der Waals surface area contributed by atoms with Gasteiger partial charge in [0.15, 0.2) is 5.76 Å². The Bertz CT molecular complexity index is 1410. The van der Waals surface area contributed by atoms with Crippen LogP contribution in [-0.4, -0.2) is 28.8 Å². The molecule has 0 unspecified atom stereocenters. The largest absolute Gasteiger partial charge is 0.486 e. The number of carbonyl (C=O) groups excluding carboxylic acids is 2. The van der Waals surface area contributed by atoms with E-state index in [0.717, 1.165) is 11.3 Å². The summed E-state index contributed by atoms with van der Waals surface area (Å²) in [4.78, 5) is 24.4. The van der Waals surface area contributed by atoms with E-state index in [0.29, 0.717) is 45.0 Å². The molecule has 8 nitrogen and oxygen atoms in total. The number of anilines is 1. The monoisotopic (exact) mass is 527 g/mol. The van der Waals surface area contributed by atoms with Crippen molar-refractivity contribution in [3.05, 3.63) is 98.7 Å². The van der Waals surface area contributed by atoms with Crippen LogP contribution in [0.4, 0.5) is 5.69 Å². The average molecular weight is 528 g/mol. The second-order valence-corrected chi connectivity index (χ2v) is 8.81. The number of nitrogens with one attached hydrogen (secondary N) is 1. The van der Waals surface area contributed by atoms with Crippen LogP contribution in [0.2, 0.25) is 10.0 Å². The van der Waals surface area contributed by atoms with Crippen molar-refractivity contribution >= 4 is 40.8 Å². The Morgan fingerprint density at radius 3 is 2.50 bits per heavy atom. The van der Waals surface area contributed by atoms with E-state index >= 15 is 0 Å². The molecule has 4 rings (SSSR count). The summed E-state index contributed by atoms with van der Waals surface area (Å²) in [6.07, 6.45) is 0. The lowest BCUT2D eigenvalue weighted by Crippen LogP contribution is -2.12. The molecule has 0 aliphatic carbocycles. The highest BCUT2D eigenvalue weighted by molar-refractivity contribution is 6.35. The SMILES string of the molecule is COC(=O)c1ccc(OCc2ccc(C(=O)Nc3c(C)nn(Cc4ccc(Cl)cc4Cl)c3C)o2)cc1. The number of esters is 1. The number of hydrogen-bond donors (Lipinski definition) is 1. The van der Waals surface area contributed by atoms with Crippen LogP contribution in [0.25, 0.3) is 0 Å². The lowest BCUT2D eigenvalue weighted by molar-refractivity contribution is 0.0600. The Labute approximate surface area is 217 Å². The molecule has 0 fully saturated rings. The van der Waals surface area contributed by atoms with Crippen LogP contribution < -0.4 is 10.1 Å². The van der Waals surface area contributed by atoms with Gasteiger partial charge in [-0.25, -0.2) is 4.79 Å². The van der Waals surface area contributed by atoms with Crippen LogP contribution in [0, 0.1) is 13.8 Å². The van der Waals surface area contributed by atoms with Crippen molar-refractivity contribution in [2.24, 2.45) is 0 Å². The summed E-state index contributed by atoms with van der Waals surface area (Å²) in [5, 5.41) is 8.52. The summed E-state index contributed by atoms with van der Waals surface area (Å²) in [6.45, 7) is 4.23. The molecule has 2 aromatic heterocycles.